The smallest absolute Gasteiger partial charge is 0.0721 e. The Morgan fingerprint density at radius 3 is 1.20 bits per heavy atom. The highest BCUT2D eigenvalue weighted by molar-refractivity contribution is 5.99. The molecule has 0 saturated carbocycles. The van der Waals surface area contributed by atoms with Gasteiger partial charge in [-0.1, -0.05) is 153 Å². The zero-order valence-electron chi connectivity index (χ0n) is 30.5. The minimum atomic E-state index is -0.558. The Bertz CT molecular complexity index is 2500. The maximum absolute atomic E-state index is 2.49. The number of benzene rings is 8. The lowest BCUT2D eigenvalue weighted by molar-refractivity contribution is 0.563. The van der Waals surface area contributed by atoms with E-state index in [1.807, 2.05) is 0 Å². The average molecular weight is 693 g/mol. The van der Waals surface area contributed by atoms with E-state index in [1.165, 1.54) is 50.2 Å². The molecule has 54 heavy (non-hydrogen) atoms. The van der Waals surface area contributed by atoms with Crippen molar-refractivity contribution in [1.29, 1.82) is 0 Å². The first kappa shape index (κ1) is 32.0. The lowest BCUT2D eigenvalue weighted by Crippen LogP contribution is -2.40. The molecule has 8 aromatic rings. The summed E-state index contributed by atoms with van der Waals surface area (Å²) in [5.74, 6) is 0. The molecule has 0 fully saturated rings. The van der Waals surface area contributed by atoms with Crippen LogP contribution in [0.3, 0.4) is 0 Å². The first-order valence-electron chi connectivity index (χ1n) is 18.9. The van der Waals surface area contributed by atoms with Gasteiger partial charge in [-0.25, -0.2) is 0 Å². The summed E-state index contributed by atoms with van der Waals surface area (Å²) in [7, 11) is 0. The molecule has 2 aliphatic carbocycles. The van der Waals surface area contributed by atoms with Crippen LogP contribution in [0.1, 0.15) is 47.2 Å². The average Bonchev–Trinajstić information content (AvgIpc) is 3.53. The fourth-order valence-electron chi connectivity index (χ4n) is 9.43. The van der Waals surface area contributed by atoms with Crippen molar-refractivity contribution in [2.75, 3.05) is 9.80 Å². The van der Waals surface area contributed by atoms with Gasteiger partial charge in [-0.05, 0) is 106 Å². The molecule has 0 N–H and O–H groups in total. The third-order valence-corrected chi connectivity index (χ3v) is 11.7. The number of anilines is 6. The van der Waals surface area contributed by atoms with Crippen molar-refractivity contribution in [3.63, 3.8) is 0 Å². The summed E-state index contributed by atoms with van der Waals surface area (Å²) in [6.07, 6.45) is 0. The van der Waals surface area contributed by atoms with Gasteiger partial charge in [0.1, 0.15) is 0 Å². The lowest BCUT2D eigenvalue weighted by atomic mass is 9.55. The zero-order chi connectivity index (χ0) is 36.3. The van der Waals surface area contributed by atoms with Crippen LogP contribution < -0.4 is 9.80 Å². The van der Waals surface area contributed by atoms with E-state index in [0.717, 1.165) is 28.4 Å². The van der Waals surface area contributed by atoms with E-state index in [9.17, 15) is 0 Å². The lowest BCUT2D eigenvalue weighted by Gasteiger charge is -2.46. The van der Waals surface area contributed by atoms with E-state index in [0.29, 0.717) is 0 Å². The molecule has 8 aromatic carbocycles. The Labute approximate surface area is 318 Å². The van der Waals surface area contributed by atoms with Crippen LogP contribution in [0, 0.1) is 0 Å². The number of hydrogen-bond donors (Lipinski definition) is 0. The molecule has 2 nitrogen and oxygen atoms in total. The number of nitrogens with zero attached hydrogens (tertiary/aromatic N) is 2. The Hall–Kier alpha value is -6.64. The molecule has 0 heterocycles. The van der Waals surface area contributed by atoms with E-state index in [4.69, 9.17) is 0 Å². The van der Waals surface area contributed by atoms with Crippen molar-refractivity contribution < 1.29 is 0 Å². The van der Waals surface area contributed by atoms with Gasteiger partial charge >= 0.3 is 0 Å². The molecular formula is C52H40N2. The van der Waals surface area contributed by atoms with Crippen LogP contribution in [-0.2, 0) is 10.8 Å². The minimum absolute atomic E-state index is 0.184. The van der Waals surface area contributed by atoms with Gasteiger partial charge in [-0.15, -0.1) is 0 Å². The second-order valence-electron chi connectivity index (χ2n) is 14.9. The first-order valence-corrected chi connectivity index (χ1v) is 18.9. The SMILES string of the molecule is CC1(C)c2ccccc2C2(c3cc(N(c4ccccc4)c4ccccc4)ccc3-c3c(N(c4ccccc4)c4ccccc4)cccc32)c2ccccc21. The van der Waals surface area contributed by atoms with Crippen LogP contribution in [0.2, 0.25) is 0 Å². The predicted molar refractivity (Wildman–Crippen MR) is 225 cm³/mol. The maximum atomic E-state index is 2.49. The largest absolute Gasteiger partial charge is 0.310 e. The highest BCUT2D eigenvalue weighted by Gasteiger charge is 2.54. The van der Waals surface area contributed by atoms with Crippen molar-refractivity contribution >= 4 is 34.1 Å². The number of rotatable bonds is 6. The van der Waals surface area contributed by atoms with Crippen LogP contribution in [0.4, 0.5) is 34.1 Å². The molecule has 2 aliphatic rings. The number of hydrogen-bond acceptors (Lipinski definition) is 2. The van der Waals surface area contributed by atoms with Crippen LogP contribution in [-0.4, -0.2) is 0 Å². The normalized spacial score (nSPS) is 14.0. The molecule has 0 amide bonds. The van der Waals surface area contributed by atoms with Crippen LogP contribution in [0.25, 0.3) is 11.1 Å². The van der Waals surface area contributed by atoms with Crippen LogP contribution >= 0.6 is 0 Å². The second kappa shape index (κ2) is 12.5. The molecule has 0 bridgehead atoms. The van der Waals surface area contributed by atoms with E-state index in [2.05, 4.69) is 230 Å². The zero-order valence-corrected chi connectivity index (χ0v) is 30.5. The Morgan fingerprint density at radius 1 is 0.315 bits per heavy atom. The quantitative estimate of drug-likeness (QED) is 0.171. The first-order chi connectivity index (χ1) is 26.6. The molecule has 2 heteroatoms. The van der Waals surface area contributed by atoms with Gasteiger partial charge in [0.15, 0.2) is 0 Å². The van der Waals surface area contributed by atoms with Crippen molar-refractivity contribution in [1.82, 2.24) is 0 Å². The van der Waals surface area contributed by atoms with E-state index >= 15 is 0 Å². The Morgan fingerprint density at radius 2 is 0.722 bits per heavy atom. The summed E-state index contributed by atoms with van der Waals surface area (Å²) in [6.45, 7) is 4.78. The summed E-state index contributed by atoms with van der Waals surface area (Å²) in [4.78, 5) is 4.82. The van der Waals surface area contributed by atoms with E-state index in [-0.39, 0.29) is 5.41 Å². The second-order valence-corrected chi connectivity index (χ2v) is 14.9. The van der Waals surface area contributed by atoms with Crippen LogP contribution in [0.5, 0.6) is 0 Å². The highest BCUT2D eigenvalue weighted by atomic mass is 15.2. The molecule has 1 spiro atoms. The predicted octanol–water partition coefficient (Wildman–Crippen LogP) is 13.6. The maximum Gasteiger partial charge on any atom is 0.0721 e. The van der Waals surface area contributed by atoms with Crippen molar-refractivity contribution in [3.8, 4) is 11.1 Å². The van der Waals surface area contributed by atoms with Gasteiger partial charge in [0.05, 0.1) is 11.1 Å². The van der Waals surface area contributed by atoms with Gasteiger partial charge < -0.3 is 9.80 Å². The fraction of sp³-hybridized carbons (Fsp3) is 0.0769. The minimum Gasteiger partial charge on any atom is -0.310 e. The molecule has 0 aliphatic heterocycles. The van der Waals surface area contributed by atoms with E-state index < -0.39 is 5.41 Å². The van der Waals surface area contributed by atoms with Gasteiger partial charge in [0, 0.05) is 39.4 Å². The third kappa shape index (κ3) is 4.66. The van der Waals surface area contributed by atoms with Gasteiger partial charge in [0.2, 0.25) is 0 Å². The summed E-state index contributed by atoms with van der Waals surface area (Å²) in [5, 5.41) is 0. The Balaban J connectivity index is 1.34. The molecule has 0 aromatic heterocycles. The summed E-state index contributed by atoms with van der Waals surface area (Å²) >= 11 is 0. The summed E-state index contributed by atoms with van der Waals surface area (Å²) in [6, 6.07) is 75.6. The summed E-state index contributed by atoms with van der Waals surface area (Å²) in [5.41, 5.74) is 16.6. The molecule has 0 radical (unpaired) electrons. The number of fused-ring (bicyclic) bond motifs is 9. The molecular weight excluding hydrogens is 653 g/mol. The molecule has 0 saturated heterocycles. The van der Waals surface area contributed by atoms with Gasteiger partial charge in [-0.2, -0.15) is 0 Å². The summed E-state index contributed by atoms with van der Waals surface area (Å²) < 4.78 is 0. The van der Waals surface area contributed by atoms with Gasteiger partial charge in [-0.3, -0.25) is 0 Å². The molecule has 258 valence electrons. The number of para-hydroxylation sites is 4. The topological polar surface area (TPSA) is 6.48 Å². The van der Waals surface area contributed by atoms with Gasteiger partial charge in [0.25, 0.3) is 0 Å². The molecule has 0 unspecified atom stereocenters. The highest BCUT2D eigenvalue weighted by Crippen LogP contribution is 2.64. The fourth-order valence-corrected chi connectivity index (χ4v) is 9.43. The Kier molecular flexibility index (Phi) is 7.42. The third-order valence-electron chi connectivity index (χ3n) is 11.7. The monoisotopic (exact) mass is 692 g/mol. The van der Waals surface area contributed by atoms with Crippen LogP contribution in [0.15, 0.2) is 206 Å². The molecule has 0 atom stereocenters. The van der Waals surface area contributed by atoms with Crippen molar-refractivity contribution in [2.45, 2.75) is 24.7 Å². The molecule has 10 rings (SSSR count). The van der Waals surface area contributed by atoms with Crippen molar-refractivity contribution in [3.05, 3.63) is 240 Å². The standard InChI is InChI=1S/C52H40N2/c1-51(2)43-28-15-17-30-45(43)52(46-31-18-16-29-44(46)51)47-32-19-33-49(54(39-24-11-5-12-25-39)40-26-13-6-14-27-40)50(47)42-35-34-41(36-48(42)52)53(37-20-7-3-8-21-37)38-22-9-4-10-23-38/h3-36H,1-2H3. The van der Waals surface area contributed by atoms with E-state index in [1.54, 1.807) is 0 Å². The van der Waals surface area contributed by atoms with Crippen molar-refractivity contribution in [2.24, 2.45) is 0 Å².